The van der Waals surface area contributed by atoms with Gasteiger partial charge < -0.3 is 5.32 Å². The summed E-state index contributed by atoms with van der Waals surface area (Å²) in [6, 6.07) is 0.671. The summed E-state index contributed by atoms with van der Waals surface area (Å²) in [6.45, 7) is 15.1. The first-order valence-electron chi connectivity index (χ1n) is 7.41. The standard InChI is InChI=1S/C15H32N2/c1-6-14-8-7-10-17(11-9-14)13(2)12-16-15(3,4)5/h13-14,16H,6-12H2,1-5H3. The van der Waals surface area contributed by atoms with Crippen LogP contribution < -0.4 is 5.32 Å². The number of nitrogens with zero attached hydrogens (tertiary/aromatic N) is 1. The van der Waals surface area contributed by atoms with E-state index in [1.807, 2.05) is 0 Å². The zero-order valence-corrected chi connectivity index (χ0v) is 12.6. The molecule has 2 atom stereocenters. The van der Waals surface area contributed by atoms with Gasteiger partial charge in [-0.25, -0.2) is 0 Å². The van der Waals surface area contributed by atoms with Gasteiger partial charge in [-0.05, 0) is 66.0 Å². The summed E-state index contributed by atoms with van der Waals surface area (Å²) in [7, 11) is 0. The molecule has 1 aliphatic rings. The Morgan fingerprint density at radius 1 is 1.24 bits per heavy atom. The minimum absolute atomic E-state index is 0.242. The molecule has 1 heterocycles. The third-order valence-corrected chi connectivity index (χ3v) is 4.01. The van der Waals surface area contributed by atoms with E-state index in [4.69, 9.17) is 0 Å². The molecule has 0 radical (unpaired) electrons. The second kappa shape index (κ2) is 6.75. The fourth-order valence-electron chi connectivity index (χ4n) is 2.62. The van der Waals surface area contributed by atoms with Crippen LogP contribution in [0.15, 0.2) is 0 Å². The molecule has 0 aromatic carbocycles. The highest BCUT2D eigenvalue weighted by Crippen LogP contribution is 2.21. The van der Waals surface area contributed by atoms with E-state index in [1.54, 1.807) is 0 Å². The largest absolute Gasteiger partial charge is 0.311 e. The van der Waals surface area contributed by atoms with Gasteiger partial charge in [-0.3, -0.25) is 4.90 Å². The van der Waals surface area contributed by atoms with Crippen molar-refractivity contribution in [2.75, 3.05) is 19.6 Å². The number of hydrogen-bond donors (Lipinski definition) is 1. The Balaban J connectivity index is 2.33. The van der Waals surface area contributed by atoms with Crippen LogP contribution >= 0.6 is 0 Å². The van der Waals surface area contributed by atoms with Crippen LogP contribution in [0.2, 0.25) is 0 Å². The smallest absolute Gasteiger partial charge is 0.0192 e. The molecule has 17 heavy (non-hydrogen) atoms. The molecule has 0 spiro atoms. The summed E-state index contributed by atoms with van der Waals surface area (Å²) >= 11 is 0. The van der Waals surface area contributed by atoms with Crippen molar-refractivity contribution < 1.29 is 0 Å². The number of likely N-dealkylation sites (tertiary alicyclic amines) is 1. The maximum absolute atomic E-state index is 3.62. The molecule has 2 unspecified atom stereocenters. The molecule has 1 aliphatic heterocycles. The second-order valence-electron chi connectivity index (χ2n) is 6.72. The summed E-state index contributed by atoms with van der Waals surface area (Å²) < 4.78 is 0. The molecule has 1 N–H and O–H groups in total. The number of nitrogens with one attached hydrogen (secondary N) is 1. The van der Waals surface area contributed by atoms with Crippen LogP contribution in [0.4, 0.5) is 0 Å². The van der Waals surface area contributed by atoms with Gasteiger partial charge in [0.2, 0.25) is 0 Å². The molecule has 0 bridgehead atoms. The molecular weight excluding hydrogens is 208 g/mol. The lowest BCUT2D eigenvalue weighted by atomic mass is 9.98. The molecule has 2 heteroatoms. The van der Waals surface area contributed by atoms with Crippen molar-refractivity contribution in [3.8, 4) is 0 Å². The van der Waals surface area contributed by atoms with Crippen LogP contribution in [0.3, 0.4) is 0 Å². The van der Waals surface area contributed by atoms with E-state index in [2.05, 4.69) is 44.8 Å². The SMILES string of the molecule is CCC1CCCN(C(C)CNC(C)(C)C)CC1. The van der Waals surface area contributed by atoms with E-state index in [0.29, 0.717) is 6.04 Å². The van der Waals surface area contributed by atoms with Crippen molar-refractivity contribution >= 4 is 0 Å². The maximum Gasteiger partial charge on any atom is 0.0192 e. The van der Waals surface area contributed by atoms with Gasteiger partial charge in [0, 0.05) is 18.1 Å². The highest BCUT2D eigenvalue weighted by atomic mass is 15.2. The fourth-order valence-corrected chi connectivity index (χ4v) is 2.62. The van der Waals surface area contributed by atoms with Gasteiger partial charge in [0.15, 0.2) is 0 Å². The molecular formula is C15H32N2. The van der Waals surface area contributed by atoms with Crippen molar-refractivity contribution in [1.29, 1.82) is 0 Å². The predicted molar refractivity (Wildman–Crippen MR) is 76.4 cm³/mol. The number of rotatable bonds is 4. The molecule has 0 aromatic heterocycles. The van der Waals surface area contributed by atoms with Crippen molar-refractivity contribution in [2.45, 2.75) is 71.9 Å². The molecule has 0 amide bonds. The van der Waals surface area contributed by atoms with Gasteiger partial charge in [-0.15, -0.1) is 0 Å². The molecule has 0 saturated carbocycles. The quantitative estimate of drug-likeness (QED) is 0.811. The topological polar surface area (TPSA) is 15.3 Å². The van der Waals surface area contributed by atoms with E-state index in [0.717, 1.165) is 12.5 Å². The lowest BCUT2D eigenvalue weighted by Gasteiger charge is -2.31. The molecule has 1 rings (SSSR count). The van der Waals surface area contributed by atoms with Crippen LogP contribution in [-0.2, 0) is 0 Å². The fraction of sp³-hybridized carbons (Fsp3) is 1.00. The average molecular weight is 240 g/mol. The van der Waals surface area contributed by atoms with E-state index in [9.17, 15) is 0 Å². The third-order valence-electron chi connectivity index (χ3n) is 4.01. The van der Waals surface area contributed by atoms with E-state index in [1.165, 1.54) is 38.8 Å². The highest BCUT2D eigenvalue weighted by Gasteiger charge is 2.20. The first-order chi connectivity index (χ1) is 7.92. The second-order valence-corrected chi connectivity index (χ2v) is 6.72. The van der Waals surface area contributed by atoms with E-state index < -0.39 is 0 Å². The lowest BCUT2D eigenvalue weighted by Crippen LogP contribution is -2.46. The van der Waals surface area contributed by atoms with Gasteiger partial charge in [-0.1, -0.05) is 13.3 Å². The monoisotopic (exact) mass is 240 g/mol. The van der Waals surface area contributed by atoms with Crippen LogP contribution in [0.5, 0.6) is 0 Å². The molecule has 102 valence electrons. The van der Waals surface area contributed by atoms with Gasteiger partial charge in [-0.2, -0.15) is 0 Å². The zero-order valence-electron chi connectivity index (χ0n) is 12.6. The minimum Gasteiger partial charge on any atom is -0.311 e. The van der Waals surface area contributed by atoms with E-state index in [-0.39, 0.29) is 5.54 Å². The van der Waals surface area contributed by atoms with Gasteiger partial charge in [0.05, 0.1) is 0 Å². The predicted octanol–water partition coefficient (Wildman–Crippen LogP) is 3.28. The van der Waals surface area contributed by atoms with Gasteiger partial charge in [0.25, 0.3) is 0 Å². The Morgan fingerprint density at radius 3 is 2.53 bits per heavy atom. The molecule has 0 aliphatic carbocycles. The molecule has 2 nitrogen and oxygen atoms in total. The first-order valence-corrected chi connectivity index (χ1v) is 7.41. The Labute approximate surface area is 108 Å². The van der Waals surface area contributed by atoms with Gasteiger partial charge >= 0.3 is 0 Å². The molecule has 1 saturated heterocycles. The van der Waals surface area contributed by atoms with Crippen molar-refractivity contribution in [1.82, 2.24) is 10.2 Å². The maximum atomic E-state index is 3.62. The normalized spacial score (nSPS) is 25.6. The minimum atomic E-state index is 0.242. The molecule has 1 fully saturated rings. The van der Waals surface area contributed by atoms with Crippen molar-refractivity contribution in [3.63, 3.8) is 0 Å². The van der Waals surface area contributed by atoms with Crippen LogP contribution in [0, 0.1) is 5.92 Å². The van der Waals surface area contributed by atoms with Crippen molar-refractivity contribution in [2.24, 2.45) is 5.92 Å². The van der Waals surface area contributed by atoms with Crippen LogP contribution in [0.1, 0.15) is 60.3 Å². The highest BCUT2D eigenvalue weighted by molar-refractivity contribution is 4.78. The number of hydrogen-bond acceptors (Lipinski definition) is 2. The third kappa shape index (κ3) is 5.87. The zero-order chi connectivity index (χ0) is 12.9. The Hall–Kier alpha value is -0.0800. The first kappa shape index (κ1) is 15.0. The Kier molecular flexibility index (Phi) is 5.94. The summed E-state index contributed by atoms with van der Waals surface area (Å²) in [5, 5.41) is 3.62. The van der Waals surface area contributed by atoms with E-state index >= 15 is 0 Å². The van der Waals surface area contributed by atoms with Gasteiger partial charge in [0.1, 0.15) is 0 Å². The van der Waals surface area contributed by atoms with Crippen LogP contribution in [-0.4, -0.2) is 36.1 Å². The van der Waals surface area contributed by atoms with Crippen molar-refractivity contribution in [3.05, 3.63) is 0 Å². The van der Waals surface area contributed by atoms with Crippen LogP contribution in [0.25, 0.3) is 0 Å². The lowest BCUT2D eigenvalue weighted by molar-refractivity contribution is 0.199. The average Bonchev–Trinajstić information content (AvgIpc) is 2.49. The Bertz CT molecular complexity index is 207. The summed E-state index contributed by atoms with van der Waals surface area (Å²) in [4.78, 5) is 2.68. The summed E-state index contributed by atoms with van der Waals surface area (Å²) in [5.41, 5.74) is 0.242. The Morgan fingerprint density at radius 2 is 1.94 bits per heavy atom. The molecule has 0 aromatic rings. The summed E-state index contributed by atoms with van der Waals surface area (Å²) in [6.07, 6.45) is 5.59. The summed E-state index contributed by atoms with van der Waals surface area (Å²) in [5.74, 6) is 0.975.